The van der Waals surface area contributed by atoms with E-state index in [-0.39, 0.29) is 11.9 Å². The maximum atomic E-state index is 13.8. The second-order valence-electron chi connectivity index (χ2n) is 5.32. The lowest BCUT2D eigenvalue weighted by Crippen LogP contribution is -2.46. The predicted molar refractivity (Wildman–Crippen MR) is 75.6 cm³/mol. The third-order valence-electron chi connectivity index (χ3n) is 3.89. The molecule has 6 heteroatoms. The van der Waals surface area contributed by atoms with E-state index < -0.39 is 5.82 Å². The quantitative estimate of drug-likeness (QED) is 0.937. The lowest BCUT2D eigenvalue weighted by Gasteiger charge is -2.35. The lowest BCUT2D eigenvalue weighted by molar-refractivity contribution is 0.143. The van der Waals surface area contributed by atoms with Crippen molar-refractivity contribution >= 4 is 0 Å². The molecular weight excluding hydrogens is 274 g/mol. The van der Waals surface area contributed by atoms with Crippen LogP contribution >= 0.6 is 0 Å². The van der Waals surface area contributed by atoms with Crippen LogP contribution in [0.4, 0.5) is 8.78 Å². The van der Waals surface area contributed by atoms with E-state index in [0.717, 1.165) is 31.5 Å². The summed E-state index contributed by atoms with van der Waals surface area (Å²) in [5.41, 5.74) is 0.385. The Morgan fingerprint density at radius 1 is 1.38 bits per heavy atom. The number of aryl methyl sites for hydroxylation is 1. The van der Waals surface area contributed by atoms with Crippen molar-refractivity contribution in [2.24, 2.45) is 7.05 Å². The summed E-state index contributed by atoms with van der Waals surface area (Å²) in [7, 11) is 1.94. The van der Waals surface area contributed by atoms with E-state index in [2.05, 4.69) is 15.2 Å². The van der Waals surface area contributed by atoms with Crippen molar-refractivity contribution < 1.29 is 8.78 Å². The number of imidazole rings is 1. The number of nitrogens with one attached hydrogen (secondary N) is 1. The molecule has 1 aromatic heterocycles. The monoisotopic (exact) mass is 292 g/mol. The van der Waals surface area contributed by atoms with Gasteiger partial charge in [-0.1, -0.05) is 0 Å². The third-order valence-corrected chi connectivity index (χ3v) is 3.89. The number of halogens is 2. The molecule has 2 heterocycles. The second-order valence-corrected chi connectivity index (χ2v) is 5.32. The maximum absolute atomic E-state index is 13.8. The van der Waals surface area contributed by atoms with E-state index in [9.17, 15) is 8.78 Å². The summed E-state index contributed by atoms with van der Waals surface area (Å²) in [4.78, 5) is 6.52. The Labute approximate surface area is 122 Å². The number of nitrogens with zero attached hydrogens (tertiary/aromatic N) is 3. The van der Waals surface area contributed by atoms with Gasteiger partial charge in [0.15, 0.2) is 0 Å². The molecular formula is C15H18F2N4. The molecule has 4 nitrogen and oxygen atoms in total. The van der Waals surface area contributed by atoms with Crippen molar-refractivity contribution in [3.63, 3.8) is 0 Å². The number of rotatable bonds is 3. The molecule has 0 spiro atoms. The van der Waals surface area contributed by atoms with Crippen LogP contribution in [-0.4, -0.2) is 34.1 Å². The predicted octanol–water partition coefficient (Wildman–Crippen LogP) is 1.84. The van der Waals surface area contributed by atoms with Gasteiger partial charge in [0.25, 0.3) is 0 Å². The molecule has 0 radical (unpaired) electrons. The van der Waals surface area contributed by atoms with E-state index in [0.29, 0.717) is 12.1 Å². The molecule has 1 atom stereocenters. The summed E-state index contributed by atoms with van der Waals surface area (Å²) in [6.45, 7) is 2.73. The number of benzene rings is 1. The Balaban J connectivity index is 1.85. The van der Waals surface area contributed by atoms with E-state index in [1.807, 2.05) is 17.8 Å². The van der Waals surface area contributed by atoms with Crippen LogP contribution in [0.15, 0.2) is 30.6 Å². The highest BCUT2D eigenvalue weighted by molar-refractivity contribution is 5.19. The Morgan fingerprint density at radius 3 is 3.00 bits per heavy atom. The molecule has 0 aliphatic carbocycles. The molecule has 0 bridgehead atoms. The second kappa shape index (κ2) is 5.91. The molecule has 21 heavy (non-hydrogen) atoms. The van der Waals surface area contributed by atoms with E-state index in [4.69, 9.17) is 0 Å². The SMILES string of the molecule is Cn1ccnc1C1CNCCN1Cc1cc(F)ccc1F. The fourth-order valence-corrected chi connectivity index (χ4v) is 2.77. The molecule has 1 saturated heterocycles. The van der Waals surface area contributed by atoms with Gasteiger partial charge in [0.1, 0.15) is 17.5 Å². The molecule has 2 aromatic rings. The third kappa shape index (κ3) is 2.96. The van der Waals surface area contributed by atoms with Gasteiger partial charge in [-0.2, -0.15) is 0 Å². The highest BCUT2D eigenvalue weighted by Gasteiger charge is 2.27. The van der Waals surface area contributed by atoms with E-state index in [1.165, 1.54) is 12.1 Å². The largest absolute Gasteiger partial charge is 0.337 e. The number of aromatic nitrogens is 2. The van der Waals surface area contributed by atoms with Crippen molar-refractivity contribution in [1.82, 2.24) is 19.8 Å². The number of hydrogen-bond donors (Lipinski definition) is 1. The van der Waals surface area contributed by atoms with Crippen LogP contribution in [0.5, 0.6) is 0 Å². The van der Waals surface area contributed by atoms with Crippen molar-refractivity contribution in [2.75, 3.05) is 19.6 Å². The minimum atomic E-state index is -0.407. The van der Waals surface area contributed by atoms with Crippen molar-refractivity contribution in [3.05, 3.63) is 53.6 Å². The molecule has 1 unspecified atom stereocenters. The van der Waals surface area contributed by atoms with Crippen LogP contribution in [0.3, 0.4) is 0 Å². The number of piperazine rings is 1. The van der Waals surface area contributed by atoms with Gasteiger partial charge >= 0.3 is 0 Å². The topological polar surface area (TPSA) is 33.1 Å². The van der Waals surface area contributed by atoms with E-state index in [1.54, 1.807) is 6.20 Å². The molecule has 1 aromatic carbocycles. The van der Waals surface area contributed by atoms with Gasteiger partial charge in [-0.15, -0.1) is 0 Å². The minimum absolute atomic E-state index is 0.0569. The van der Waals surface area contributed by atoms with Crippen LogP contribution in [-0.2, 0) is 13.6 Å². The first-order chi connectivity index (χ1) is 10.1. The summed E-state index contributed by atoms with van der Waals surface area (Å²) in [5, 5.41) is 3.33. The molecule has 1 aliphatic rings. The van der Waals surface area contributed by atoms with Crippen LogP contribution < -0.4 is 5.32 Å². The fourth-order valence-electron chi connectivity index (χ4n) is 2.77. The molecule has 1 aliphatic heterocycles. The van der Waals surface area contributed by atoms with Gasteiger partial charge < -0.3 is 9.88 Å². The smallest absolute Gasteiger partial charge is 0.127 e. The molecule has 112 valence electrons. The van der Waals surface area contributed by atoms with E-state index >= 15 is 0 Å². The Kier molecular flexibility index (Phi) is 3.98. The van der Waals surface area contributed by atoms with Gasteiger partial charge in [0, 0.05) is 51.2 Å². The van der Waals surface area contributed by atoms with Gasteiger partial charge in [0.2, 0.25) is 0 Å². The molecule has 1 fully saturated rings. The van der Waals surface area contributed by atoms with Gasteiger partial charge in [0.05, 0.1) is 6.04 Å². The van der Waals surface area contributed by atoms with Gasteiger partial charge in [-0.3, -0.25) is 4.90 Å². The van der Waals surface area contributed by atoms with Crippen LogP contribution in [0.1, 0.15) is 17.4 Å². The Bertz CT molecular complexity index is 626. The molecule has 1 N–H and O–H groups in total. The van der Waals surface area contributed by atoms with Crippen LogP contribution in [0, 0.1) is 11.6 Å². The van der Waals surface area contributed by atoms with Crippen LogP contribution in [0.2, 0.25) is 0 Å². The maximum Gasteiger partial charge on any atom is 0.127 e. The van der Waals surface area contributed by atoms with Crippen molar-refractivity contribution in [3.8, 4) is 0 Å². The molecule has 0 saturated carbocycles. The Hall–Kier alpha value is -1.79. The van der Waals surface area contributed by atoms with Gasteiger partial charge in [-0.25, -0.2) is 13.8 Å². The average molecular weight is 292 g/mol. The molecule has 3 rings (SSSR count). The summed E-state index contributed by atoms with van der Waals surface area (Å²) in [6, 6.07) is 3.66. The van der Waals surface area contributed by atoms with Gasteiger partial charge in [-0.05, 0) is 18.2 Å². The Morgan fingerprint density at radius 2 is 2.24 bits per heavy atom. The first-order valence-electron chi connectivity index (χ1n) is 7.01. The highest BCUT2D eigenvalue weighted by atomic mass is 19.1. The standard InChI is InChI=1S/C15H18F2N4/c1-20-6-5-19-15(20)14-9-18-4-7-21(14)10-11-8-12(16)2-3-13(11)17/h2-3,5-6,8,14,18H,4,7,9-10H2,1H3. The number of hydrogen-bond acceptors (Lipinski definition) is 3. The average Bonchev–Trinajstić information content (AvgIpc) is 2.90. The first-order valence-corrected chi connectivity index (χ1v) is 7.01. The lowest BCUT2D eigenvalue weighted by atomic mass is 10.1. The summed E-state index contributed by atoms with van der Waals surface area (Å²) in [6.07, 6.45) is 3.65. The summed E-state index contributed by atoms with van der Waals surface area (Å²) >= 11 is 0. The zero-order chi connectivity index (χ0) is 14.8. The summed E-state index contributed by atoms with van der Waals surface area (Å²) in [5.74, 6) is 0.155. The molecule has 0 amide bonds. The highest BCUT2D eigenvalue weighted by Crippen LogP contribution is 2.23. The van der Waals surface area contributed by atoms with Crippen LogP contribution in [0.25, 0.3) is 0 Å². The van der Waals surface area contributed by atoms with Crippen molar-refractivity contribution in [2.45, 2.75) is 12.6 Å². The first kappa shape index (κ1) is 14.2. The zero-order valence-corrected chi connectivity index (χ0v) is 11.9. The summed E-state index contributed by atoms with van der Waals surface area (Å²) < 4.78 is 29.1. The fraction of sp³-hybridized carbons (Fsp3) is 0.400. The normalized spacial score (nSPS) is 19.9. The minimum Gasteiger partial charge on any atom is -0.337 e. The van der Waals surface area contributed by atoms with Crippen molar-refractivity contribution in [1.29, 1.82) is 0 Å². The zero-order valence-electron chi connectivity index (χ0n) is 11.9.